The minimum Gasteiger partial charge on any atom is -0.504 e. The van der Waals surface area contributed by atoms with Gasteiger partial charge in [0.15, 0.2) is 5.75 Å². The summed E-state index contributed by atoms with van der Waals surface area (Å²) in [5.74, 6) is -1.42. The van der Waals surface area contributed by atoms with Crippen molar-refractivity contribution in [2.75, 3.05) is 45.6 Å². The molecule has 11 nitrogen and oxygen atoms in total. The lowest BCUT2D eigenvalue weighted by atomic mass is 10.1. The van der Waals surface area contributed by atoms with Crippen LogP contribution in [0.5, 0.6) is 5.75 Å². The molecule has 0 saturated carbocycles. The van der Waals surface area contributed by atoms with Crippen LogP contribution < -0.4 is 16.0 Å². The topological polar surface area (TPSA) is 135 Å². The molecule has 1 aromatic carbocycles. The Labute approximate surface area is 241 Å². The molecule has 0 fully saturated rings. The van der Waals surface area contributed by atoms with E-state index in [0.29, 0.717) is 42.7 Å². The summed E-state index contributed by atoms with van der Waals surface area (Å²) in [4.78, 5) is 36.5. The van der Waals surface area contributed by atoms with Crippen LogP contribution in [-0.2, 0) is 22.2 Å². The van der Waals surface area contributed by atoms with Gasteiger partial charge < -0.3 is 26.0 Å². The van der Waals surface area contributed by atoms with Crippen molar-refractivity contribution in [3.63, 3.8) is 0 Å². The fourth-order valence-electron chi connectivity index (χ4n) is 3.87. The first kappa shape index (κ1) is 33.3. The van der Waals surface area contributed by atoms with Gasteiger partial charge in [-0.15, -0.1) is 0 Å². The molecule has 15 heteroatoms. The summed E-state index contributed by atoms with van der Waals surface area (Å²) in [5.41, 5.74) is 0.599. The third kappa shape index (κ3) is 9.05. The van der Waals surface area contributed by atoms with Gasteiger partial charge in [0, 0.05) is 45.5 Å². The predicted molar refractivity (Wildman–Crippen MR) is 150 cm³/mol. The number of rotatable bonds is 14. The molecule has 0 radical (unpaired) electrons. The van der Waals surface area contributed by atoms with Crippen LogP contribution in [0.2, 0.25) is 5.02 Å². The quantitative estimate of drug-likeness (QED) is 0.148. The van der Waals surface area contributed by atoms with Crippen LogP contribution in [0, 0.1) is 6.92 Å². The number of hydrogen-bond acceptors (Lipinski definition) is 9. The summed E-state index contributed by atoms with van der Waals surface area (Å²) in [6.45, 7) is 7.50. The molecule has 0 spiro atoms. The van der Waals surface area contributed by atoms with Crippen molar-refractivity contribution in [3.05, 3.63) is 57.9 Å². The molecule has 1 heterocycles. The number of hydrazone groups is 1. The van der Waals surface area contributed by atoms with Crippen molar-refractivity contribution in [1.29, 1.82) is 0 Å². The molecule has 0 unspecified atom stereocenters. The Balaban J connectivity index is 2.32. The van der Waals surface area contributed by atoms with E-state index in [0.717, 1.165) is 17.1 Å². The number of carbonyl (C=O) groups excluding carboxylic acids is 2. The molecule has 0 aliphatic heterocycles. The summed E-state index contributed by atoms with van der Waals surface area (Å²) >= 11 is 5.95. The lowest BCUT2D eigenvalue weighted by Gasteiger charge is -2.31. The number of likely N-dealkylation sites (N-methyl/N-ethyl adjacent to an activating group) is 1. The van der Waals surface area contributed by atoms with Crippen molar-refractivity contribution in [2.45, 2.75) is 32.9 Å². The van der Waals surface area contributed by atoms with Gasteiger partial charge >= 0.3 is 6.18 Å². The first-order chi connectivity index (χ1) is 19.4. The van der Waals surface area contributed by atoms with E-state index >= 15 is 0 Å². The summed E-state index contributed by atoms with van der Waals surface area (Å²) < 4.78 is 38.9. The van der Waals surface area contributed by atoms with Gasteiger partial charge in [0.2, 0.25) is 5.91 Å². The number of halogens is 4. The third-order valence-corrected chi connectivity index (χ3v) is 6.37. The molecule has 4 N–H and O–H groups in total. The molecule has 41 heavy (non-hydrogen) atoms. The Morgan fingerprint density at radius 2 is 1.90 bits per heavy atom. The molecular formula is C26H34ClF3N8O3. The maximum absolute atomic E-state index is 13.8. The molecule has 2 aromatic rings. The second-order valence-electron chi connectivity index (χ2n) is 8.77. The number of aromatic nitrogens is 2. The Kier molecular flexibility index (Phi) is 12.3. The zero-order valence-electron chi connectivity index (χ0n) is 23.3. The highest BCUT2D eigenvalue weighted by Gasteiger charge is 2.31. The standard InChI is InChI=1S/C26H34ClF3N8O3/c1-6-19(32-4)23(37(12-10-31-3)11-9-21-24(40)16(2)34-15-35-21)25(41)38(33-5)14-22(39)36-20-8-7-17(13-18(20)27)26(28,29)30/h7-8,13,15,31-32,40H,5-6,9-12,14H2,1-4H3,(H,36,39)/b23-19+. The van der Waals surface area contributed by atoms with Gasteiger partial charge in [0.1, 0.15) is 18.6 Å². The van der Waals surface area contributed by atoms with E-state index in [4.69, 9.17) is 11.6 Å². The zero-order chi connectivity index (χ0) is 30.7. The number of nitrogens with zero attached hydrogens (tertiary/aromatic N) is 5. The van der Waals surface area contributed by atoms with E-state index < -0.39 is 30.1 Å². The number of aryl methyl sites for hydroxylation is 1. The number of hydrogen-bond donors (Lipinski definition) is 4. The van der Waals surface area contributed by atoms with E-state index in [2.05, 4.69) is 37.7 Å². The Morgan fingerprint density at radius 3 is 2.46 bits per heavy atom. The smallest absolute Gasteiger partial charge is 0.416 e. The highest BCUT2D eigenvalue weighted by Crippen LogP contribution is 2.33. The SMILES string of the molecule is C=NN(CC(=O)Nc1ccc(C(F)(F)F)cc1Cl)C(=O)/C(=C(/CC)NC)N(CCNC)CCc1ncnc(C)c1O. The van der Waals surface area contributed by atoms with Crippen LogP contribution in [-0.4, -0.2) is 83.8 Å². The molecule has 0 bridgehead atoms. The minimum absolute atomic E-state index is 0.0322. The van der Waals surface area contributed by atoms with Crippen LogP contribution in [0.25, 0.3) is 0 Å². The van der Waals surface area contributed by atoms with Gasteiger partial charge in [0.25, 0.3) is 5.91 Å². The van der Waals surface area contributed by atoms with Crippen molar-refractivity contribution >= 4 is 35.8 Å². The van der Waals surface area contributed by atoms with Gasteiger partial charge in [-0.3, -0.25) is 9.59 Å². The molecule has 2 amide bonds. The van der Waals surface area contributed by atoms with Gasteiger partial charge in [-0.1, -0.05) is 18.5 Å². The van der Waals surface area contributed by atoms with E-state index in [1.54, 1.807) is 25.9 Å². The predicted octanol–water partition coefficient (Wildman–Crippen LogP) is 3.15. The second kappa shape index (κ2) is 15.2. The van der Waals surface area contributed by atoms with Crippen molar-refractivity contribution in [3.8, 4) is 5.75 Å². The molecular weight excluding hydrogens is 565 g/mol. The van der Waals surface area contributed by atoms with Gasteiger partial charge in [-0.05, 0) is 38.6 Å². The molecule has 1 aromatic heterocycles. The van der Waals surface area contributed by atoms with Crippen LogP contribution in [0.15, 0.2) is 41.0 Å². The molecule has 0 aliphatic carbocycles. The second-order valence-corrected chi connectivity index (χ2v) is 9.18. The summed E-state index contributed by atoms with van der Waals surface area (Å²) in [5, 5.41) is 23.1. The van der Waals surface area contributed by atoms with Crippen LogP contribution in [0.3, 0.4) is 0 Å². The van der Waals surface area contributed by atoms with E-state index in [-0.39, 0.29) is 35.1 Å². The highest BCUT2D eigenvalue weighted by molar-refractivity contribution is 6.33. The maximum atomic E-state index is 13.8. The lowest BCUT2D eigenvalue weighted by Crippen LogP contribution is -2.43. The number of amides is 2. The highest BCUT2D eigenvalue weighted by atomic mass is 35.5. The number of benzene rings is 1. The van der Waals surface area contributed by atoms with Gasteiger partial charge in [-0.2, -0.15) is 18.3 Å². The fourth-order valence-corrected chi connectivity index (χ4v) is 4.09. The van der Waals surface area contributed by atoms with Crippen molar-refractivity contribution in [2.24, 2.45) is 5.10 Å². The van der Waals surface area contributed by atoms with Crippen molar-refractivity contribution in [1.82, 2.24) is 30.5 Å². The summed E-state index contributed by atoms with van der Waals surface area (Å²) in [6.07, 6.45) is -2.53. The first-order valence-corrected chi connectivity index (χ1v) is 13.0. The van der Waals surface area contributed by atoms with E-state index in [9.17, 15) is 27.9 Å². The minimum atomic E-state index is -4.60. The molecule has 0 aliphatic rings. The van der Waals surface area contributed by atoms with Crippen molar-refractivity contribution < 1.29 is 27.9 Å². The van der Waals surface area contributed by atoms with Gasteiger partial charge in [0.05, 0.1) is 27.7 Å². The number of nitrogens with one attached hydrogen (secondary N) is 3. The van der Waals surface area contributed by atoms with Crippen LogP contribution in [0.1, 0.15) is 30.3 Å². The molecule has 2 rings (SSSR count). The van der Waals surface area contributed by atoms with Crippen LogP contribution in [0.4, 0.5) is 18.9 Å². The summed E-state index contributed by atoms with van der Waals surface area (Å²) in [7, 11) is 3.42. The Bertz CT molecular complexity index is 1270. The number of alkyl halides is 3. The lowest BCUT2D eigenvalue weighted by molar-refractivity contribution is -0.137. The monoisotopic (exact) mass is 598 g/mol. The van der Waals surface area contributed by atoms with E-state index in [1.165, 1.54) is 6.33 Å². The average Bonchev–Trinajstić information content (AvgIpc) is 2.93. The first-order valence-electron chi connectivity index (χ1n) is 12.6. The normalized spacial score (nSPS) is 11.9. The number of aromatic hydroxyl groups is 1. The Hall–Kier alpha value is -3.91. The largest absolute Gasteiger partial charge is 0.504 e. The fraction of sp³-hybridized carbons (Fsp3) is 0.423. The van der Waals surface area contributed by atoms with E-state index in [1.807, 2.05) is 6.92 Å². The molecule has 0 atom stereocenters. The third-order valence-electron chi connectivity index (χ3n) is 6.06. The van der Waals surface area contributed by atoms with Gasteiger partial charge in [-0.25, -0.2) is 15.0 Å². The number of carbonyl (C=O) groups is 2. The molecule has 224 valence electrons. The maximum Gasteiger partial charge on any atom is 0.416 e. The average molecular weight is 599 g/mol. The number of allylic oxidation sites excluding steroid dienone is 1. The zero-order valence-corrected chi connectivity index (χ0v) is 24.0. The molecule has 0 saturated heterocycles. The Morgan fingerprint density at radius 1 is 1.20 bits per heavy atom. The summed E-state index contributed by atoms with van der Waals surface area (Å²) in [6, 6.07) is 2.51. The van der Waals surface area contributed by atoms with Crippen LogP contribution >= 0.6 is 11.6 Å². The number of anilines is 1.